The van der Waals surface area contributed by atoms with E-state index >= 15 is 0 Å². The van der Waals surface area contributed by atoms with Gasteiger partial charge in [-0.05, 0) is 6.42 Å². The number of aromatic nitrogens is 3. The third-order valence-corrected chi connectivity index (χ3v) is 2.07. The first-order valence-electron chi connectivity index (χ1n) is 4.88. The van der Waals surface area contributed by atoms with Crippen LogP contribution in [0.15, 0.2) is 12.7 Å². The highest BCUT2D eigenvalue weighted by atomic mass is 16.4. The van der Waals surface area contributed by atoms with Crippen molar-refractivity contribution in [1.29, 1.82) is 0 Å². The second-order valence-corrected chi connectivity index (χ2v) is 3.41. The van der Waals surface area contributed by atoms with Gasteiger partial charge in [0.05, 0.1) is 0 Å². The molecule has 1 rings (SSSR count). The van der Waals surface area contributed by atoms with Crippen molar-refractivity contribution in [2.45, 2.75) is 19.4 Å². The van der Waals surface area contributed by atoms with Gasteiger partial charge in [0.2, 0.25) is 5.91 Å². The lowest BCUT2D eigenvalue weighted by molar-refractivity contribution is -0.138. The molecule has 7 heteroatoms. The fourth-order valence-corrected chi connectivity index (χ4v) is 1.17. The van der Waals surface area contributed by atoms with Crippen LogP contribution in [-0.2, 0) is 16.1 Å². The number of carboxylic acids is 1. The second-order valence-electron chi connectivity index (χ2n) is 3.41. The van der Waals surface area contributed by atoms with Gasteiger partial charge < -0.3 is 10.0 Å². The van der Waals surface area contributed by atoms with Crippen LogP contribution < -0.4 is 0 Å². The fraction of sp³-hybridized carbons (Fsp3) is 0.556. The Morgan fingerprint density at radius 2 is 2.25 bits per heavy atom. The van der Waals surface area contributed by atoms with Crippen molar-refractivity contribution >= 4 is 11.9 Å². The van der Waals surface area contributed by atoms with Gasteiger partial charge in [-0.25, -0.2) is 9.67 Å². The molecule has 0 aliphatic carbocycles. The Kier molecular flexibility index (Phi) is 4.43. The van der Waals surface area contributed by atoms with E-state index < -0.39 is 5.97 Å². The van der Waals surface area contributed by atoms with Gasteiger partial charge in [-0.1, -0.05) is 0 Å². The van der Waals surface area contributed by atoms with E-state index in [1.54, 1.807) is 7.05 Å². The van der Waals surface area contributed by atoms with E-state index in [0.717, 1.165) is 0 Å². The normalized spacial score (nSPS) is 10.1. The van der Waals surface area contributed by atoms with Crippen molar-refractivity contribution in [3.63, 3.8) is 0 Å². The van der Waals surface area contributed by atoms with Crippen LogP contribution in [0.3, 0.4) is 0 Å². The quantitative estimate of drug-likeness (QED) is 0.713. The number of amides is 1. The number of carbonyl (C=O) groups excluding carboxylic acids is 1. The van der Waals surface area contributed by atoms with E-state index in [4.69, 9.17) is 5.11 Å². The van der Waals surface area contributed by atoms with Crippen LogP contribution in [0.25, 0.3) is 0 Å². The Bertz CT molecular complexity index is 350. The molecule has 1 heterocycles. The van der Waals surface area contributed by atoms with Crippen molar-refractivity contribution in [3.8, 4) is 0 Å². The van der Waals surface area contributed by atoms with Gasteiger partial charge in [-0.2, -0.15) is 5.10 Å². The highest BCUT2D eigenvalue weighted by molar-refractivity contribution is 5.75. The van der Waals surface area contributed by atoms with Crippen molar-refractivity contribution in [2.75, 3.05) is 13.6 Å². The number of carboxylic acid groups (broad SMARTS) is 1. The summed E-state index contributed by atoms with van der Waals surface area (Å²) in [6.07, 6.45) is 3.34. The number of aliphatic carboxylic acids is 1. The molecule has 0 saturated carbocycles. The minimum absolute atomic E-state index is 0.0704. The molecule has 0 atom stereocenters. The Morgan fingerprint density at radius 1 is 1.50 bits per heavy atom. The Balaban J connectivity index is 2.28. The summed E-state index contributed by atoms with van der Waals surface area (Å²) < 4.78 is 1.43. The molecule has 0 aliphatic rings. The van der Waals surface area contributed by atoms with Crippen LogP contribution in [-0.4, -0.2) is 50.2 Å². The summed E-state index contributed by atoms with van der Waals surface area (Å²) in [6.45, 7) is 0.559. The van der Waals surface area contributed by atoms with Crippen molar-refractivity contribution in [3.05, 3.63) is 12.7 Å². The van der Waals surface area contributed by atoms with Gasteiger partial charge in [0, 0.05) is 20.0 Å². The van der Waals surface area contributed by atoms with Gasteiger partial charge in [-0.3, -0.25) is 9.59 Å². The summed E-state index contributed by atoms with van der Waals surface area (Å²) in [6, 6.07) is 0. The SMILES string of the molecule is CN(CCCC(=O)O)C(=O)Cn1cncn1. The molecule has 0 aliphatic heterocycles. The number of likely N-dealkylation sites (N-methyl/N-ethyl adjacent to an activating group) is 1. The molecule has 0 radical (unpaired) electrons. The Hall–Kier alpha value is -1.92. The lowest BCUT2D eigenvalue weighted by atomic mass is 10.3. The molecule has 0 saturated heterocycles. The van der Waals surface area contributed by atoms with Crippen molar-refractivity contribution in [2.24, 2.45) is 0 Å². The van der Waals surface area contributed by atoms with Crippen molar-refractivity contribution < 1.29 is 14.7 Å². The molecule has 1 amide bonds. The van der Waals surface area contributed by atoms with Gasteiger partial charge >= 0.3 is 5.97 Å². The van der Waals surface area contributed by atoms with E-state index in [9.17, 15) is 9.59 Å². The maximum absolute atomic E-state index is 11.6. The lowest BCUT2D eigenvalue weighted by Gasteiger charge is -2.16. The van der Waals surface area contributed by atoms with E-state index in [-0.39, 0.29) is 18.9 Å². The predicted octanol–water partition coefficient (Wildman–Crippen LogP) is -0.399. The van der Waals surface area contributed by atoms with Crippen LogP contribution in [0.5, 0.6) is 0 Å². The average Bonchev–Trinajstić information content (AvgIpc) is 2.69. The molecule has 0 spiro atoms. The molecule has 0 unspecified atom stereocenters. The summed E-state index contributed by atoms with van der Waals surface area (Å²) in [4.78, 5) is 27.1. The zero-order chi connectivity index (χ0) is 12.0. The molecule has 1 aromatic heterocycles. The molecule has 1 N–H and O–H groups in total. The minimum atomic E-state index is -0.850. The lowest BCUT2D eigenvalue weighted by Crippen LogP contribution is -2.31. The first-order valence-corrected chi connectivity index (χ1v) is 4.88. The maximum Gasteiger partial charge on any atom is 0.303 e. The molecule has 0 bridgehead atoms. The Morgan fingerprint density at radius 3 is 2.81 bits per heavy atom. The summed E-state index contributed by atoms with van der Waals surface area (Å²) in [7, 11) is 1.64. The predicted molar refractivity (Wildman–Crippen MR) is 54.5 cm³/mol. The molecule has 16 heavy (non-hydrogen) atoms. The largest absolute Gasteiger partial charge is 0.481 e. The number of rotatable bonds is 6. The molecule has 0 fully saturated rings. The van der Waals surface area contributed by atoms with E-state index in [1.807, 2.05) is 0 Å². The summed E-state index contributed by atoms with van der Waals surface area (Å²) in [5.74, 6) is -0.965. The zero-order valence-corrected chi connectivity index (χ0v) is 9.04. The first-order chi connectivity index (χ1) is 7.59. The first kappa shape index (κ1) is 12.2. The van der Waals surface area contributed by atoms with Gasteiger partial charge in [0.1, 0.15) is 19.2 Å². The third kappa shape index (κ3) is 4.07. The number of nitrogens with zero attached hydrogens (tertiary/aromatic N) is 4. The topological polar surface area (TPSA) is 88.3 Å². The average molecular weight is 226 g/mol. The van der Waals surface area contributed by atoms with E-state index in [2.05, 4.69) is 10.1 Å². The van der Waals surface area contributed by atoms with Gasteiger partial charge in [0.25, 0.3) is 0 Å². The maximum atomic E-state index is 11.6. The van der Waals surface area contributed by atoms with E-state index in [0.29, 0.717) is 13.0 Å². The van der Waals surface area contributed by atoms with Gasteiger partial charge in [-0.15, -0.1) is 0 Å². The van der Waals surface area contributed by atoms with E-state index in [1.165, 1.54) is 22.2 Å². The third-order valence-electron chi connectivity index (χ3n) is 2.07. The van der Waals surface area contributed by atoms with Crippen LogP contribution in [0.1, 0.15) is 12.8 Å². The number of hydrogen-bond donors (Lipinski definition) is 1. The van der Waals surface area contributed by atoms with Crippen LogP contribution in [0.2, 0.25) is 0 Å². The van der Waals surface area contributed by atoms with Crippen molar-refractivity contribution in [1.82, 2.24) is 19.7 Å². The smallest absolute Gasteiger partial charge is 0.303 e. The minimum Gasteiger partial charge on any atom is -0.481 e. The fourth-order valence-electron chi connectivity index (χ4n) is 1.17. The monoisotopic (exact) mass is 226 g/mol. The molecule has 7 nitrogen and oxygen atoms in total. The van der Waals surface area contributed by atoms with Gasteiger partial charge in [0.15, 0.2) is 0 Å². The Labute approximate surface area is 92.7 Å². The van der Waals surface area contributed by atoms with Crippen LogP contribution in [0.4, 0.5) is 0 Å². The molecule has 1 aromatic rings. The second kappa shape index (κ2) is 5.84. The summed E-state index contributed by atoms with van der Waals surface area (Å²) in [5, 5.41) is 12.3. The summed E-state index contributed by atoms with van der Waals surface area (Å²) >= 11 is 0. The van der Waals surface area contributed by atoms with Crippen LogP contribution >= 0.6 is 0 Å². The zero-order valence-electron chi connectivity index (χ0n) is 9.04. The molecular formula is C9H14N4O3. The molecule has 88 valence electrons. The number of carbonyl (C=O) groups is 2. The highest BCUT2D eigenvalue weighted by Gasteiger charge is 2.09. The van der Waals surface area contributed by atoms with Crippen LogP contribution in [0, 0.1) is 0 Å². The summed E-state index contributed by atoms with van der Waals surface area (Å²) in [5.41, 5.74) is 0. The molecule has 0 aromatic carbocycles. The highest BCUT2D eigenvalue weighted by Crippen LogP contribution is 1.95. The standard InChI is InChI=1S/C9H14N4O3/c1-12(4-2-3-9(15)16)8(14)5-13-7-10-6-11-13/h6-7H,2-5H2,1H3,(H,15,16). The molecular weight excluding hydrogens is 212 g/mol. The number of hydrogen-bond acceptors (Lipinski definition) is 4.